The number of halogens is 2. The van der Waals surface area contributed by atoms with Gasteiger partial charge in [0.05, 0.1) is 6.07 Å². The van der Waals surface area contributed by atoms with Crippen LogP contribution >= 0.6 is 23.2 Å². The number of hydrogen-bond donors (Lipinski definition) is 1. The summed E-state index contributed by atoms with van der Waals surface area (Å²) in [7, 11) is 0. The van der Waals surface area contributed by atoms with Gasteiger partial charge in [0.15, 0.2) is 0 Å². The Kier molecular flexibility index (Phi) is 3.40. The first-order chi connectivity index (χ1) is 6.10. The number of nitrogens with zero attached hydrogens (tertiary/aromatic N) is 1. The fourth-order valence-corrected chi connectivity index (χ4v) is 1.41. The van der Waals surface area contributed by atoms with Crippen molar-refractivity contribution < 1.29 is 4.79 Å². The van der Waals surface area contributed by atoms with E-state index in [-0.39, 0.29) is 12.5 Å². The molecule has 13 heavy (non-hydrogen) atoms. The van der Waals surface area contributed by atoms with Crippen LogP contribution in [0.5, 0.6) is 0 Å². The van der Waals surface area contributed by atoms with Crippen molar-refractivity contribution in [3.05, 3.63) is 0 Å². The summed E-state index contributed by atoms with van der Waals surface area (Å²) in [6, 6.07) is 2.04. The smallest absolute Gasteiger partial charge is 0.240 e. The summed E-state index contributed by atoms with van der Waals surface area (Å²) in [6.45, 7) is 0.200. The molecule has 1 rings (SSSR count). The molecule has 0 aromatic carbocycles. The van der Waals surface area contributed by atoms with Crippen molar-refractivity contribution >= 4 is 29.1 Å². The average Bonchev–Trinajstić information content (AvgIpc) is 2.00. The molecule has 1 N–H and O–H groups in total. The molecule has 0 unspecified atom stereocenters. The van der Waals surface area contributed by atoms with Crippen LogP contribution in [0.1, 0.15) is 19.3 Å². The molecule has 0 saturated heterocycles. The maximum atomic E-state index is 11.4. The maximum absolute atomic E-state index is 11.4. The highest BCUT2D eigenvalue weighted by molar-refractivity contribution is 6.44. The van der Waals surface area contributed by atoms with Gasteiger partial charge in [-0.05, 0) is 19.3 Å². The number of amides is 1. The zero-order valence-electron chi connectivity index (χ0n) is 7.02. The van der Waals surface area contributed by atoms with Crippen LogP contribution in [0, 0.1) is 16.7 Å². The van der Waals surface area contributed by atoms with Gasteiger partial charge in [-0.15, -0.1) is 23.2 Å². The van der Waals surface area contributed by atoms with Gasteiger partial charge in [-0.3, -0.25) is 4.79 Å². The van der Waals surface area contributed by atoms with E-state index in [0.717, 1.165) is 6.42 Å². The summed E-state index contributed by atoms with van der Waals surface area (Å²) in [5.41, 5.74) is -0.803. The molecule has 3 nitrogen and oxygen atoms in total. The number of carbonyl (C=O) groups excluding carboxylic acids is 1. The van der Waals surface area contributed by atoms with E-state index in [1.165, 1.54) is 0 Å². The third-order valence-electron chi connectivity index (χ3n) is 2.27. The van der Waals surface area contributed by atoms with E-state index in [9.17, 15) is 4.79 Å². The molecule has 0 bridgehead atoms. The highest BCUT2D eigenvalue weighted by Gasteiger charge is 2.44. The second-order valence-electron chi connectivity index (χ2n) is 3.15. The summed E-state index contributed by atoms with van der Waals surface area (Å²) >= 11 is 10.9. The molecule has 1 amide bonds. The number of rotatable bonds is 3. The van der Waals surface area contributed by atoms with Gasteiger partial charge in [-0.25, -0.2) is 0 Å². The number of hydrogen-bond acceptors (Lipinski definition) is 2. The first kappa shape index (κ1) is 10.6. The van der Waals surface area contributed by atoms with Crippen LogP contribution in [0.25, 0.3) is 0 Å². The Morgan fingerprint density at radius 3 is 2.54 bits per heavy atom. The Labute approximate surface area is 87.0 Å². The second kappa shape index (κ2) is 4.17. The minimum Gasteiger partial charge on any atom is -0.352 e. The van der Waals surface area contributed by atoms with Gasteiger partial charge in [-0.2, -0.15) is 5.26 Å². The molecule has 0 aliphatic heterocycles. The topological polar surface area (TPSA) is 52.9 Å². The highest BCUT2D eigenvalue weighted by atomic mass is 35.5. The fourth-order valence-electron chi connectivity index (χ4n) is 1.26. The van der Waals surface area contributed by atoms with Crippen LogP contribution in [0.4, 0.5) is 0 Å². The standard InChI is InChI=1S/C8H10Cl2N2O/c9-6(10)4-12-7(13)8(5-11)2-1-3-8/h6H,1-4H2,(H,12,13). The Hall–Kier alpha value is -0.460. The van der Waals surface area contributed by atoms with Crippen LogP contribution in [0.15, 0.2) is 0 Å². The number of nitrogens with one attached hydrogen (secondary N) is 1. The van der Waals surface area contributed by atoms with Crippen molar-refractivity contribution in [1.82, 2.24) is 5.32 Å². The predicted octanol–water partition coefficient (Wildman–Crippen LogP) is 1.60. The van der Waals surface area contributed by atoms with Gasteiger partial charge in [0, 0.05) is 6.54 Å². The van der Waals surface area contributed by atoms with Crippen LogP contribution in [-0.4, -0.2) is 17.3 Å². The molecule has 1 aliphatic carbocycles. The summed E-state index contributed by atoms with van der Waals surface area (Å²) < 4.78 is 0. The molecule has 72 valence electrons. The molecule has 5 heteroatoms. The van der Waals surface area contributed by atoms with E-state index in [0.29, 0.717) is 12.8 Å². The molecule has 0 aromatic heterocycles. The first-order valence-corrected chi connectivity index (χ1v) is 4.96. The quantitative estimate of drug-likeness (QED) is 0.736. The average molecular weight is 221 g/mol. The van der Waals surface area contributed by atoms with Crippen molar-refractivity contribution in [2.75, 3.05) is 6.54 Å². The minimum absolute atomic E-state index is 0.200. The van der Waals surface area contributed by atoms with Crippen molar-refractivity contribution in [2.24, 2.45) is 5.41 Å². The number of carbonyl (C=O) groups is 1. The second-order valence-corrected chi connectivity index (χ2v) is 4.43. The van der Waals surface area contributed by atoms with E-state index in [2.05, 4.69) is 5.32 Å². The largest absolute Gasteiger partial charge is 0.352 e. The van der Waals surface area contributed by atoms with Gasteiger partial charge >= 0.3 is 0 Å². The molecule has 0 aromatic rings. The molecule has 0 spiro atoms. The lowest BCUT2D eigenvalue weighted by Gasteiger charge is -2.33. The normalized spacial score (nSPS) is 18.9. The third-order valence-corrected chi connectivity index (χ3v) is 2.58. The minimum atomic E-state index is -0.803. The molecule has 0 radical (unpaired) electrons. The summed E-state index contributed by atoms with van der Waals surface area (Å²) in [6.07, 6.45) is 2.22. The van der Waals surface area contributed by atoms with E-state index in [4.69, 9.17) is 28.5 Å². The van der Waals surface area contributed by atoms with Gasteiger partial charge in [0.2, 0.25) is 5.91 Å². The lowest BCUT2D eigenvalue weighted by molar-refractivity contribution is -0.131. The monoisotopic (exact) mass is 220 g/mol. The van der Waals surface area contributed by atoms with Crippen LogP contribution in [-0.2, 0) is 4.79 Å². The van der Waals surface area contributed by atoms with E-state index in [1.807, 2.05) is 6.07 Å². The number of alkyl halides is 2. The van der Waals surface area contributed by atoms with Crippen molar-refractivity contribution in [1.29, 1.82) is 5.26 Å². The first-order valence-electron chi connectivity index (χ1n) is 4.08. The predicted molar refractivity (Wildman–Crippen MR) is 50.4 cm³/mol. The summed E-state index contributed by atoms with van der Waals surface area (Å²) in [5.74, 6) is -0.243. The Morgan fingerprint density at radius 2 is 2.23 bits per heavy atom. The Bertz CT molecular complexity index is 243. The lowest BCUT2D eigenvalue weighted by atomic mass is 9.69. The van der Waals surface area contributed by atoms with E-state index < -0.39 is 10.3 Å². The lowest BCUT2D eigenvalue weighted by Crippen LogP contribution is -2.45. The molecule has 0 heterocycles. The van der Waals surface area contributed by atoms with Crippen molar-refractivity contribution in [2.45, 2.75) is 24.1 Å². The molecular formula is C8H10Cl2N2O. The Morgan fingerprint density at radius 1 is 1.62 bits per heavy atom. The molecule has 1 fully saturated rings. The van der Waals surface area contributed by atoms with E-state index in [1.54, 1.807) is 0 Å². The van der Waals surface area contributed by atoms with Crippen molar-refractivity contribution in [3.63, 3.8) is 0 Å². The van der Waals surface area contributed by atoms with Crippen LogP contribution < -0.4 is 5.32 Å². The van der Waals surface area contributed by atoms with Gasteiger partial charge in [-0.1, -0.05) is 0 Å². The fraction of sp³-hybridized carbons (Fsp3) is 0.750. The maximum Gasteiger partial charge on any atom is 0.240 e. The highest BCUT2D eigenvalue weighted by Crippen LogP contribution is 2.40. The van der Waals surface area contributed by atoms with Crippen LogP contribution in [0.2, 0.25) is 0 Å². The summed E-state index contributed by atoms with van der Waals surface area (Å²) in [5, 5.41) is 11.3. The zero-order valence-corrected chi connectivity index (χ0v) is 8.53. The third kappa shape index (κ3) is 2.26. The Balaban J connectivity index is 2.43. The van der Waals surface area contributed by atoms with Crippen LogP contribution in [0.3, 0.4) is 0 Å². The zero-order chi connectivity index (χ0) is 9.90. The van der Waals surface area contributed by atoms with Crippen molar-refractivity contribution in [3.8, 4) is 6.07 Å². The molecule has 1 aliphatic rings. The van der Waals surface area contributed by atoms with Gasteiger partial charge in [0.25, 0.3) is 0 Å². The molecular weight excluding hydrogens is 211 g/mol. The molecule has 0 atom stereocenters. The number of nitriles is 1. The van der Waals surface area contributed by atoms with E-state index >= 15 is 0 Å². The molecule has 1 saturated carbocycles. The van der Waals surface area contributed by atoms with Gasteiger partial charge < -0.3 is 5.32 Å². The van der Waals surface area contributed by atoms with Gasteiger partial charge in [0.1, 0.15) is 10.3 Å². The summed E-state index contributed by atoms with van der Waals surface area (Å²) in [4.78, 5) is 10.8. The SMILES string of the molecule is N#CC1(C(=O)NCC(Cl)Cl)CCC1.